The number of ether oxygens (including phenoxy) is 1. The van der Waals surface area contributed by atoms with E-state index in [2.05, 4.69) is 0 Å². The van der Waals surface area contributed by atoms with Gasteiger partial charge in [0, 0.05) is 12.1 Å². The van der Waals surface area contributed by atoms with E-state index < -0.39 is 10.7 Å². The van der Waals surface area contributed by atoms with E-state index in [1.165, 1.54) is 13.2 Å². The maximum Gasteiger partial charge on any atom is 0.314 e. The fraction of sp³-hybridized carbons (Fsp3) is 0.455. The summed E-state index contributed by atoms with van der Waals surface area (Å²) in [5, 5.41) is 20.4. The summed E-state index contributed by atoms with van der Waals surface area (Å²) in [4.78, 5) is 10.2. The van der Waals surface area contributed by atoms with Crippen LogP contribution >= 0.6 is 0 Å². The number of nitrogens with zero attached hydrogens (tertiary/aromatic N) is 1. The van der Waals surface area contributed by atoms with Gasteiger partial charge in [-0.25, -0.2) is 0 Å². The lowest BCUT2D eigenvalue weighted by Gasteiger charge is -2.13. The van der Waals surface area contributed by atoms with Crippen LogP contribution in [0.2, 0.25) is 0 Å². The highest BCUT2D eigenvalue weighted by Crippen LogP contribution is 2.44. The monoisotopic (exact) mass is 238 g/mol. The quantitative estimate of drug-likeness (QED) is 0.614. The third-order valence-electron chi connectivity index (χ3n) is 3.01. The fourth-order valence-corrected chi connectivity index (χ4v) is 1.83. The zero-order valence-corrected chi connectivity index (χ0v) is 9.42. The number of methoxy groups -OCH3 is 1. The lowest BCUT2D eigenvalue weighted by molar-refractivity contribution is -0.386. The van der Waals surface area contributed by atoms with Crippen LogP contribution in [0, 0.1) is 16.0 Å². The van der Waals surface area contributed by atoms with Crippen molar-refractivity contribution >= 4 is 5.69 Å². The molecule has 1 aliphatic carbocycles. The number of aromatic hydroxyl groups is 1. The lowest BCUT2D eigenvalue weighted by atomic mass is 10.0. The highest BCUT2D eigenvalue weighted by atomic mass is 16.6. The summed E-state index contributed by atoms with van der Waals surface area (Å²) >= 11 is 0. The molecule has 0 saturated heterocycles. The van der Waals surface area contributed by atoms with Gasteiger partial charge in [0.05, 0.1) is 12.0 Å². The molecule has 1 aromatic carbocycles. The van der Waals surface area contributed by atoms with Crippen LogP contribution in [-0.4, -0.2) is 17.1 Å². The molecule has 0 unspecified atom stereocenters. The summed E-state index contributed by atoms with van der Waals surface area (Å²) in [6.45, 7) is 0. The van der Waals surface area contributed by atoms with Gasteiger partial charge in [-0.15, -0.1) is 0 Å². The molecule has 1 fully saturated rings. The first-order valence-corrected chi connectivity index (χ1v) is 5.35. The molecule has 0 radical (unpaired) electrons. The minimum atomic E-state index is -0.638. The van der Waals surface area contributed by atoms with E-state index in [0.29, 0.717) is 11.5 Å². The van der Waals surface area contributed by atoms with Crippen LogP contribution in [0.15, 0.2) is 12.1 Å². The van der Waals surface area contributed by atoms with Crippen LogP contribution in [-0.2, 0) is 0 Å². The van der Waals surface area contributed by atoms with Crippen LogP contribution in [0.3, 0.4) is 0 Å². The van der Waals surface area contributed by atoms with Gasteiger partial charge in [0.2, 0.25) is 5.75 Å². The van der Waals surface area contributed by atoms with Crippen molar-refractivity contribution in [3.63, 3.8) is 0 Å². The number of hydrogen-bond donors (Lipinski definition) is 2. The van der Waals surface area contributed by atoms with Crippen molar-refractivity contribution in [1.29, 1.82) is 0 Å². The Hall–Kier alpha value is -1.82. The molecule has 0 amide bonds. The van der Waals surface area contributed by atoms with Crippen molar-refractivity contribution in [1.82, 2.24) is 0 Å². The maximum atomic E-state index is 10.8. The highest BCUT2D eigenvalue weighted by Gasteiger charge is 2.32. The van der Waals surface area contributed by atoms with E-state index in [0.717, 1.165) is 12.8 Å². The molecule has 92 valence electrons. The number of nitro benzene ring substituents is 1. The Morgan fingerprint density at radius 3 is 2.71 bits per heavy atom. The minimum absolute atomic E-state index is 0.0882. The first-order valence-electron chi connectivity index (χ1n) is 5.35. The van der Waals surface area contributed by atoms with Gasteiger partial charge in [-0.3, -0.25) is 10.1 Å². The Balaban J connectivity index is 2.45. The van der Waals surface area contributed by atoms with Crippen LogP contribution < -0.4 is 10.5 Å². The summed E-state index contributed by atoms with van der Waals surface area (Å²) in [6, 6.07) is 2.65. The summed E-state index contributed by atoms with van der Waals surface area (Å²) in [5.41, 5.74) is 6.25. The van der Waals surface area contributed by atoms with Crippen molar-refractivity contribution in [2.45, 2.75) is 18.9 Å². The van der Waals surface area contributed by atoms with Crippen molar-refractivity contribution in [3.05, 3.63) is 27.8 Å². The molecule has 1 aromatic rings. The first kappa shape index (κ1) is 11.7. The lowest BCUT2D eigenvalue weighted by Crippen LogP contribution is -2.12. The Labute approximate surface area is 98.2 Å². The normalized spacial score (nSPS) is 16.6. The third kappa shape index (κ3) is 2.16. The molecule has 0 bridgehead atoms. The summed E-state index contributed by atoms with van der Waals surface area (Å²) in [7, 11) is 1.35. The molecule has 17 heavy (non-hydrogen) atoms. The van der Waals surface area contributed by atoms with Crippen molar-refractivity contribution in [3.8, 4) is 11.5 Å². The molecule has 0 heterocycles. The molecular weight excluding hydrogens is 224 g/mol. The van der Waals surface area contributed by atoms with Gasteiger partial charge in [-0.2, -0.15) is 0 Å². The third-order valence-corrected chi connectivity index (χ3v) is 3.01. The molecule has 2 rings (SSSR count). The number of rotatable bonds is 4. The Bertz CT molecular complexity index is 457. The largest absolute Gasteiger partial charge is 0.500 e. The van der Waals surface area contributed by atoms with Crippen molar-refractivity contribution < 1.29 is 14.8 Å². The molecule has 0 aromatic heterocycles. The van der Waals surface area contributed by atoms with Crippen molar-refractivity contribution in [2.75, 3.05) is 7.11 Å². The molecule has 6 heteroatoms. The van der Waals surface area contributed by atoms with E-state index in [4.69, 9.17) is 10.5 Å². The average molecular weight is 238 g/mol. The molecule has 3 N–H and O–H groups in total. The molecule has 0 spiro atoms. The highest BCUT2D eigenvalue weighted by molar-refractivity contribution is 5.57. The summed E-state index contributed by atoms with van der Waals surface area (Å²) < 4.78 is 4.92. The van der Waals surface area contributed by atoms with E-state index in [1.54, 1.807) is 6.07 Å². The van der Waals surface area contributed by atoms with Crippen molar-refractivity contribution in [2.24, 2.45) is 11.7 Å². The number of phenols is 1. The van der Waals surface area contributed by atoms with E-state index in [-0.39, 0.29) is 17.5 Å². The van der Waals surface area contributed by atoms with Crippen LogP contribution in [0.25, 0.3) is 0 Å². The standard InChI is InChI=1S/C11H14N2O4/c1-17-9-5-7(10(12)6-2-3-6)4-8(11(9)14)13(15)16/h4-6,10,14H,2-3,12H2,1H3/t10-/m0/s1. The smallest absolute Gasteiger partial charge is 0.314 e. The minimum Gasteiger partial charge on any atom is -0.500 e. The number of nitro groups is 1. The van der Waals surface area contributed by atoms with Gasteiger partial charge in [-0.05, 0) is 30.4 Å². The number of hydrogen-bond acceptors (Lipinski definition) is 5. The molecule has 6 nitrogen and oxygen atoms in total. The molecular formula is C11H14N2O4. The van der Waals surface area contributed by atoms with E-state index >= 15 is 0 Å². The van der Waals surface area contributed by atoms with Crippen LogP contribution in [0.5, 0.6) is 11.5 Å². The average Bonchev–Trinajstić information content (AvgIpc) is 3.12. The predicted octanol–water partition coefficient (Wildman–Crippen LogP) is 1.72. The SMILES string of the molecule is COc1cc([C@@H](N)C2CC2)cc([N+](=O)[O-])c1O. The zero-order valence-electron chi connectivity index (χ0n) is 9.42. The fourth-order valence-electron chi connectivity index (χ4n) is 1.83. The number of nitrogens with two attached hydrogens (primary N) is 1. The maximum absolute atomic E-state index is 10.8. The molecule has 1 saturated carbocycles. The van der Waals surface area contributed by atoms with Crippen LogP contribution in [0.1, 0.15) is 24.4 Å². The topological polar surface area (TPSA) is 98.6 Å². The molecule has 0 aliphatic heterocycles. The second kappa shape index (κ2) is 4.21. The zero-order chi connectivity index (χ0) is 12.6. The summed E-state index contributed by atoms with van der Waals surface area (Å²) in [6.07, 6.45) is 2.08. The van der Waals surface area contributed by atoms with Gasteiger partial charge >= 0.3 is 5.69 Å². The Morgan fingerprint density at radius 2 is 2.24 bits per heavy atom. The number of benzene rings is 1. The van der Waals surface area contributed by atoms with Gasteiger partial charge in [0.25, 0.3) is 0 Å². The Kier molecular flexibility index (Phi) is 2.89. The second-order valence-electron chi connectivity index (χ2n) is 4.21. The first-order chi connectivity index (χ1) is 8.04. The second-order valence-corrected chi connectivity index (χ2v) is 4.21. The summed E-state index contributed by atoms with van der Waals surface area (Å²) in [5.74, 6) is 0.0124. The van der Waals surface area contributed by atoms with E-state index in [1.807, 2.05) is 0 Å². The molecule has 1 atom stereocenters. The van der Waals surface area contributed by atoms with Gasteiger partial charge < -0.3 is 15.6 Å². The van der Waals surface area contributed by atoms with Gasteiger partial charge in [-0.1, -0.05) is 0 Å². The molecule has 1 aliphatic rings. The number of phenolic OH excluding ortho intramolecular Hbond substituents is 1. The van der Waals surface area contributed by atoms with E-state index in [9.17, 15) is 15.2 Å². The van der Waals surface area contributed by atoms with Gasteiger partial charge in [0.15, 0.2) is 5.75 Å². The Morgan fingerprint density at radius 1 is 1.59 bits per heavy atom. The van der Waals surface area contributed by atoms with Gasteiger partial charge in [0.1, 0.15) is 0 Å². The predicted molar refractivity (Wildman–Crippen MR) is 61.0 cm³/mol. The van der Waals surface area contributed by atoms with Crippen LogP contribution in [0.4, 0.5) is 5.69 Å².